The Hall–Kier alpha value is -3.14. The Bertz CT molecular complexity index is 1190. The van der Waals surface area contributed by atoms with Gasteiger partial charge in [-0.15, -0.1) is 5.10 Å². The maximum absolute atomic E-state index is 13.0. The van der Waals surface area contributed by atoms with Gasteiger partial charge in [0.05, 0.1) is 16.8 Å². The molecule has 0 aliphatic rings. The highest BCUT2D eigenvalue weighted by atomic mass is 32.2. The van der Waals surface area contributed by atoms with Crippen molar-refractivity contribution in [1.82, 2.24) is 24.9 Å². The Morgan fingerprint density at radius 3 is 2.69 bits per heavy atom. The van der Waals surface area contributed by atoms with Crippen LogP contribution in [0.15, 0.2) is 60.0 Å². The fraction of sp³-hybridized carbons (Fsp3) is 0.158. The number of halogens is 3. The van der Waals surface area contributed by atoms with E-state index in [1.165, 1.54) is 22.7 Å². The maximum Gasteiger partial charge on any atom is 0.416 e. The lowest BCUT2D eigenvalue weighted by Crippen LogP contribution is -2.26. The molecule has 4 rings (SSSR count). The molecule has 0 unspecified atom stereocenters. The zero-order valence-electron chi connectivity index (χ0n) is 14.8. The molecular weight excluding hydrogens is 403 g/mol. The van der Waals surface area contributed by atoms with Crippen LogP contribution in [0, 0.1) is 0 Å². The predicted molar refractivity (Wildman–Crippen MR) is 102 cm³/mol. The van der Waals surface area contributed by atoms with Gasteiger partial charge in [0.2, 0.25) is 11.1 Å². The van der Waals surface area contributed by atoms with E-state index in [4.69, 9.17) is 0 Å². The summed E-state index contributed by atoms with van der Waals surface area (Å²) < 4.78 is 40.6. The number of rotatable bonds is 5. The molecule has 2 heterocycles. The van der Waals surface area contributed by atoms with Gasteiger partial charge in [-0.1, -0.05) is 42.1 Å². The van der Waals surface area contributed by atoms with Crippen molar-refractivity contribution in [3.8, 4) is 0 Å². The monoisotopic (exact) mass is 417 g/mol. The number of benzene rings is 2. The summed E-state index contributed by atoms with van der Waals surface area (Å²) in [6.07, 6.45) is -2.92. The number of hydrogen-bond acceptors (Lipinski definition) is 5. The van der Waals surface area contributed by atoms with E-state index in [1.54, 1.807) is 6.33 Å². The molecule has 0 spiro atoms. The molecule has 0 saturated carbocycles. The normalized spacial score (nSPS) is 11.8. The van der Waals surface area contributed by atoms with Crippen molar-refractivity contribution in [2.24, 2.45) is 0 Å². The molecule has 0 radical (unpaired) electrons. The summed E-state index contributed by atoms with van der Waals surface area (Å²) in [5, 5.41) is 8.01. The summed E-state index contributed by atoms with van der Waals surface area (Å²) in [6.45, 7) is -0.206. The summed E-state index contributed by atoms with van der Waals surface area (Å²) in [5.74, 6) is -0.426. The van der Waals surface area contributed by atoms with E-state index in [0.29, 0.717) is 10.8 Å². The third-order valence-corrected chi connectivity index (χ3v) is 5.03. The van der Waals surface area contributed by atoms with Gasteiger partial charge in [-0.2, -0.15) is 13.2 Å². The summed E-state index contributed by atoms with van der Waals surface area (Å²) >= 11 is 1.10. The van der Waals surface area contributed by atoms with Crippen LogP contribution in [0.25, 0.3) is 16.6 Å². The number of fused-ring (bicyclic) bond motifs is 3. The molecule has 2 aromatic carbocycles. The van der Waals surface area contributed by atoms with Gasteiger partial charge in [0.25, 0.3) is 0 Å². The van der Waals surface area contributed by atoms with Gasteiger partial charge in [0.1, 0.15) is 6.33 Å². The lowest BCUT2D eigenvalue weighted by Gasteiger charge is -2.13. The zero-order chi connectivity index (χ0) is 20.4. The number of nitrogens with zero attached hydrogens (tertiary/aromatic N) is 4. The average Bonchev–Trinajstić information content (AvgIpc) is 3.14. The van der Waals surface area contributed by atoms with Crippen LogP contribution in [-0.4, -0.2) is 31.2 Å². The van der Waals surface area contributed by atoms with Gasteiger partial charge >= 0.3 is 6.18 Å². The fourth-order valence-corrected chi connectivity index (χ4v) is 3.51. The highest BCUT2D eigenvalue weighted by Crippen LogP contribution is 2.31. The first-order chi connectivity index (χ1) is 13.9. The molecule has 1 N–H and O–H groups in total. The third kappa shape index (κ3) is 4.16. The molecule has 0 atom stereocenters. The van der Waals surface area contributed by atoms with E-state index in [0.717, 1.165) is 28.7 Å². The first kappa shape index (κ1) is 19.2. The predicted octanol–water partition coefficient (Wildman–Crippen LogP) is 3.70. The van der Waals surface area contributed by atoms with Crippen LogP contribution in [0.1, 0.15) is 11.1 Å². The molecular formula is C19H14F3N5OS. The molecule has 4 aromatic rings. The molecule has 1 amide bonds. The van der Waals surface area contributed by atoms with Crippen molar-refractivity contribution in [2.45, 2.75) is 17.9 Å². The maximum atomic E-state index is 13.0. The number of carbonyl (C=O) groups is 1. The molecule has 0 bridgehead atoms. The Labute approximate surface area is 167 Å². The molecule has 0 aliphatic carbocycles. The van der Waals surface area contributed by atoms with Crippen molar-refractivity contribution in [2.75, 3.05) is 5.75 Å². The fourth-order valence-electron chi connectivity index (χ4n) is 2.85. The van der Waals surface area contributed by atoms with Crippen LogP contribution in [-0.2, 0) is 17.5 Å². The highest BCUT2D eigenvalue weighted by molar-refractivity contribution is 7.99. The minimum Gasteiger partial charge on any atom is -0.351 e. The van der Waals surface area contributed by atoms with Crippen molar-refractivity contribution in [3.63, 3.8) is 0 Å². The van der Waals surface area contributed by atoms with Gasteiger partial charge in [0.15, 0.2) is 5.65 Å². The molecule has 2 aromatic heterocycles. The molecule has 148 valence electrons. The van der Waals surface area contributed by atoms with E-state index >= 15 is 0 Å². The SMILES string of the molecule is O=C(CSc1nc2c3ccccc3ncn2n1)NCc1ccccc1C(F)(F)F. The topological polar surface area (TPSA) is 72.2 Å². The minimum absolute atomic E-state index is 0.0155. The smallest absolute Gasteiger partial charge is 0.351 e. The first-order valence-electron chi connectivity index (χ1n) is 8.56. The van der Waals surface area contributed by atoms with Gasteiger partial charge in [-0.25, -0.2) is 14.5 Å². The van der Waals surface area contributed by atoms with E-state index in [-0.39, 0.29) is 17.9 Å². The van der Waals surface area contributed by atoms with Crippen molar-refractivity contribution in [1.29, 1.82) is 0 Å². The van der Waals surface area contributed by atoms with Gasteiger partial charge in [-0.05, 0) is 23.8 Å². The summed E-state index contributed by atoms with van der Waals surface area (Å²) in [7, 11) is 0. The number of aromatic nitrogens is 4. The van der Waals surface area contributed by atoms with Crippen LogP contribution < -0.4 is 5.32 Å². The van der Waals surface area contributed by atoms with Gasteiger partial charge in [-0.3, -0.25) is 4.79 Å². The molecule has 10 heteroatoms. The van der Waals surface area contributed by atoms with Gasteiger partial charge < -0.3 is 5.32 Å². The van der Waals surface area contributed by atoms with Crippen LogP contribution in [0.2, 0.25) is 0 Å². The summed E-state index contributed by atoms with van der Waals surface area (Å²) in [5.41, 5.74) is 0.665. The number of para-hydroxylation sites is 1. The largest absolute Gasteiger partial charge is 0.416 e. The number of thioether (sulfide) groups is 1. The Balaban J connectivity index is 1.41. The Morgan fingerprint density at radius 2 is 1.86 bits per heavy atom. The molecule has 0 aliphatic heterocycles. The van der Waals surface area contributed by atoms with Crippen molar-refractivity contribution in [3.05, 3.63) is 66.0 Å². The second-order valence-corrected chi connectivity index (χ2v) is 7.09. The number of nitrogens with one attached hydrogen (secondary N) is 1. The van der Waals surface area contributed by atoms with Crippen LogP contribution in [0.3, 0.4) is 0 Å². The van der Waals surface area contributed by atoms with E-state index in [2.05, 4.69) is 20.4 Å². The number of amides is 1. The van der Waals surface area contributed by atoms with Crippen LogP contribution >= 0.6 is 11.8 Å². The lowest BCUT2D eigenvalue weighted by atomic mass is 10.1. The zero-order valence-corrected chi connectivity index (χ0v) is 15.7. The van der Waals surface area contributed by atoms with Gasteiger partial charge in [0, 0.05) is 11.9 Å². The standard InChI is InChI=1S/C19H14F3N5OS/c20-19(21,22)14-7-3-1-5-12(14)9-23-16(28)10-29-18-25-17-13-6-2-4-8-15(13)24-11-27(17)26-18/h1-8,11H,9-10H2,(H,23,28). The van der Waals surface area contributed by atoms with E-state index in [1.807, 2.05) is 24.3 Å². The highest BCUT2D eigenvalue weighted by Gasteiger charge is 2.32. The summed E-state index contributed by atoms with van der Waals surface area (Å²) in [6, 6.07) is 12.7. The number of hydrogen-bond donors (Lipinski definition) is 1. The van der Waals surface area contributed by atoms with Crippen LogP contribution in [0.4, 0.5) is 13.2 Å². The molecule has 6 nitrogen and oxygen atoms in total. The average molecular weight is 417 g/mol. The minimum atomic E-state index is -4.46. The van der Waals surface area contributed by atoms with E-state index in [9.17, 15) is 18.0 Å². The van der Waals surface area contributed by atoms with Crippen molar-refractivity contribution >= 4 is 34.2 Å². The molecule has 0 fully saturated rings. The third-order valence-electron chi connectivity index (χ3n) is 4.19. The van der Waals surface area contributed by atoms with E-state index < -0.39 is 17.6 Å². The van der Waals surface area contributed by atoms with Crippen molar-refractivity contribution < 1.29 is 18.0 Å². The quantitative estimate of drug-likeness (QED) is 0.502. The summed E-state index contributed by atoms with van der Waals surface area (Å²) in [4.78, 5) is 20.8. The first-order valence-corrected chi connectivity index (χ1v) is 9.55. The second-order valence-electron chi connectivity index (χ2n) is 6.14. The number of carbonyl (C=O) groups excluding carboxylic acids is 1. The Kier molecular flexibility index (Phi) is 5.10. The Morgan fingerprint density at radius 1 is 1.10 bits per heavy atom. The molecule has 29 heavy (non-hydrogen) atoms. The second kappa shape index (κ2) is 7.70. The van der Waals surface area contributed by atoms with Crippen LogP contribution in [0.5, 0.6) is 0 Å². The number of alkyl halides is 3. The lowest BCUT2D eigenvalue weighted by molar-refractivity contribution is -0.138. The molecule has 0 saturated heterocycles.